The molecule has 4 heteroatoms. The molecule has 0 aromatic heterocycles. The fourth-order valence-electron chi connectivity index (χ4n) is 2.37. The lowest BCUT2D eigenvalue weighted by Crippen LogP contribution is -2.52. The summed E-state index contributed by atoms with van der Waals surface area (Å²) in [5.41, 5.74) is 0. The highest BCUT2D eigenvalue weighted by Crippen LogP contribution is 2.25. The second kappa shape index (κ2) is 7.62. The minimum Gasteiger partial charge on any atom is -0.383 e. The molecule has 1 saturated heterocycles. The average Bonchev–Trinajstić information content (AvgIpc) is 2.22. The van der Waals surface area contributed by atoms with Crippen molar-refractivity contribution in [3.8, 4) is 0 Å². The lowest BCUT2D eigenvalue weighted by molar-refractivity contribution is 0.0869. The molecule has 0 radical (unpaired) electrons. The minimum atomic E-state index is 0.508. The number of ether oxygens (including phenoxy) is 1. The normalized spacial score (nSPS) is 28.6. The Labute approximate surface area is 111 Å². The Bertz CT molecular complexity index is 204. The third kappa shape index (κ3) is 5.60. The number of rotatable bonds is 6. The number of nitrogens with one attached hydrogen (secondary N) is 1. The smallest absolute Gasteiger partial charge is 0.0630 e. The second-order valence-electron chi connectivity index (χ2n) is 5.38. The SMILES string of the molecule is COCC(CNC(C)C)N1CC(C)SC(C)C1. The predicted octanol–water partition coefficient (Wildman–Crippen LogP) is 1.83. The number of hydrogen-bond acceptors (Lipinski definition) is 4. The number of nitrogens with zero attached hydrogens (tertiary/aromatic N) is 1. The van der Waals surface area contributed by atoms with Gasteiger partial charge in [-0.25, -0.2) is 0 Å². The zero-order valence-corrected chi connectivity index (χ0v) is 12.7. The lowest BCUT2D eigenvalue weighted by Gasteiger charge is -2.40. The van der Waals surface area contributed by atoms with Crippen molar-refractivity contribution in [2.75, 3.05) is 33.4 Å². The van der Waals surface area contributed by atoms with Crippen LogP contribution in [0, 0.1) is 0 Å². The molecule has 17 heavy (non-hydrogen) atoms. The lowest BCUT2D eigenvalue weighted by atomic mass is 10.2. The predicted molar refractivity (Wildman–Crippen MR) is 76.9 cm³/mol. The fraction of sp³-hybridized carbons (Fsp3) is 1.00. The molecule has 3 unspecified atom stereocenters. The molecule has 1 aliphatic rings. The van der Waals surface area contributed by atoms with E-state index in [0.29, 0.717) is 12.1 Å². The van der Waals surface area contributed by atoms with E-state index >= 15 is 0 Å². The van der Waals surface area contributed by atoms with Crippen molar-refractivity contribution in [2.45, 2.75) is 50.3 Å². The largest absolute Gasteiger partial charge is 0.383 e. The van der Waals surface area contributed by atoms with E-state index in [4.69, 9.17) is 4.74 Å². The highest BCUT2D eigenvalue weighted by atomic mass is 32.2. The van der Waals surface area contributed by atoms with Crippen molar-refractivity contribution in [3.05, 3.63) is 0 Å². The second-order valence-corrected chi connectivity index (χ2v) is 7.26. The van der Waals surface area contributed by atoms with Crippen LogP contribution in [0.3, 0.4) is 0 Å². The Balaban J connectivity index is 2.49. The summed E-state index contributed by atoms with van der Waals surface area (Å²) in [6.45, 7) is 13.3. The van der Waals surface area contributed by atoms with E-state index in [1.54, 1.807) is 7.11 Å². The van der Waals surface area contributed by atoms with Crippen LogP contribution in [0.2, 0.25) is 0 Å². The molecule has 1 N–H and O–H groups in total. The van der Waals surface area contributed by atoms with Crippen LogP contribution in [-0.2, 0) is 4.74 Å². The Morgan fingerprint density at radius 3 is 2.35 bits per heavy atom. The molecule has 1 heterocycles. The third-order valence-corrected chi connectivity index (χ3v) is 4.31. The van der Waals surface area contributed by atoms with Gasteiger partial charge in [0.15, 0.2) is 0 Å². The molecule has 0 bridgehead atoms. The van der Waals surface area contributed by atoms with Crippen LogP contribution >= 0.6 is 11.8 Å². The average molecular weight is 260 g/mol. The van der Waals surface area contributed by atoms with E-state index in [1.165, 1.54) is 13.1 Å². The fourth-order valence-corrected chi connectivity index (χ4v) is 3.72. The van der Waals surface area contributed by atoms with E-state index in [1.807, 2.05) is 0 Å². The molecule has 3 nitrogen and oxygen atoms in total. The standard InChI is InChI=1S/C13H28N2OS/c1-10(2)14-6-13(9-16-5)15-7-11(3)17-12(4)8-15/h10-14H,6-9H2,1-5H3. The Morgan fingerprint density at radius 2 is 1.88 bits per heavy atom. The van der Waals surface area contributed by atoms with E-state index < -0.39 is 0 Å². The van der Waals surface area contributed by atoms with Gasteiger partial charge in [0.25, 0.3) is 0 Å². The molecule has 1 aliphatic heterocycles. The third-order valence-electron chi connectivity index (χ3n) is 3.09. The zero-order valence-electron chi connectivity index (χ0n) is 11.9. The van der Waals surface area contributed by atoms with Gasteiger partial charge in [0, 0.05) is 49.3 Å². The van der Waals surface area contributed by atoms with Gasteiger partial charge in [0.1, 0.15) is 0 Å². The quantitative estimate of drug-likeness (QED) is 0.787. The molecule has 1 rings (SSSR count). The zero-order chi connectivity index (χ0) is 12.8. The van der Waals surface area contributed by atoms with Crippen LogP contribution in [-0.4, -0.2) is 60.8 Å². The van der Waals surface area contributed by atoms with Crippen LogP contribution in [0.15, 0.2) is 0 Å². The molecule has 0 aromatic carbocycles. The molecule has 0 aliphatic carbocycles. The van der Waals surface area contributed by atoms with Gasteiger partial charge < -0.3 is 10.1 Å². The van der Waals surface area contributed by atoms with Gasteiger partial charge in [-0.3, -0.25) is 4.90 Å². The number of methoxy groups -OCH3 is 1. The highest BCUT2D eigenvalue weighted by molar-refractivity contribution is 8.00. The van der Waals surface area contributed by atoms with Crippen LogP contribution in [0.1, 0.15) is 27.7 Å². The summed E-state index contributed by atoms with van der Waals surface area (Å²) in [7, 11) is 1.80. The first-order valence-corrected chi connectivity index (χ1v) is 7.59. The van der Waals surface area contributed by atoms with Crippen molar-refractivity contribution < 1.29 is 4.74 Å². The summed E-state index contributed by atoms with van der Waals surface area (Å²) in [6.07, 6.45) is 0. The summed E-state index contributed by atoms with van der Waals surface area (Å²) in [5.74, 6) is 0. The first-order chi connectivity index (χ1) is 8.02. The van der Waals surface area contributed by atoms with E-state index in [-0.39, 0.29) is 0 Å². The molecule has 102 valence electrons. The van der Waals surface area contributed by atoms with E-state index in [2.05, 4.69) is 49.7 Å². The maximum Gasteiger partial charge on any atom is 0.0630 e. The Hall–Kier alpha value is 0.230. The van der Waals surface area contributed by atoms with Crippen molar-refractivity contribution in [1.29, 1.82) is 0 Å². The van der Waals surface area contributed by atoms with Crippen molar-refractivity contribution in [2.24, 2.45) is 0 Å². The molecule has 0 saturated carbocycles. The van der Waals surface area contributed by atoms with Gasteiger partial charge in [-0.05, 0) is 0 Å². The first kappa shape index (κ1) is 15.3. The van der Waals surface area contributed by atoms with Crippen LogP contribution < -0.4 is 5.32 Å². The summed E-state index contributed by atoms with van der Waals surface area (Å²) in [6, 6.07) is 1.05. The van der Waals surface area contributed by atoms with Gasteiger partial charge in [-0.2, -0.15) is 11.8 Å². The molecule has 1 fully saturated rings. The van der Waals surface area contributed by atoms with Crippen molar-refractivity contribution in [1.82, 2.24) is 10.2 Å². The maximum absolute atomic E-state index is 5.37. The van der Waals surface area contributed by atoms with Crippen LogP contribution in [0.4, 0.5) is 0 Å². The van der Waals surface area contributed by atoms with Crippen LogP contribution in [0.25, 0.3) is 0 Å². The Kier molecular flexibility index (Phi) is 6.85. The monoisotopic (exact) mass is 260 g/mol. The summed E-state index contributed by atoms with van der Waals surface area (Å²) in [5, 5.41) is 5.00. The molecule has 0 spiro atoms. The van der Waals surface area contributed by atoms with Crippen molar-refractivity contribution in [3.63, 3.8) is 0 Å². The molecule has 3 atom stereocenters. The Morgan fingerprint density at radius 1 is 1.29 bits per heavy atom. The molecular weight excluding hydrogens is 232 g/mol. The summed E-state index contributed by atoms with van der Waals surface area (Å²) in [4.78, 5) is 2.59. The summed E-state index contributed by atoms with van der Waals surface area (Å²) < 4.78 is 5.37. The van der Waals surface area contributed by atoms with Crippen LogP contribution in [0.5, 0.6) is 0 Å². The summed E-state index contributed by atoms with van der Waals surface area (Å²) >= 11 is 2.10. The number of thioether (sulfide) groups is 1. The minimum absolute atomic E-state index is 0.508. The molecule has 0 aromatic rings. The van der Waals surface area contributed by atoms with Gasteiger partial charge in [-0.15, -0.1) is 0 Å². The van der Waals surface area contributed by atoms with Crippen molar-refractivity contribution >= 4 is 11.8 Å². The number of hydrogen-bond donors (Lipinski definition) is 1. The topological polar surface area (TPSA) is 24.5 Å². The maximum atomic E-state index is 5.37. The first-order valence-electron chi connectivity index (χ1n) is 6.64. The molecular formula is C13H28N2OS. The van der Waals surface area contributed by atoms with Gasteiger partial charge in [-0.1, -0.05) is 27.7 Å². The van der Waals surface area contributed by atoms with E-state index in [0.717, 1.165) is 23.7 Å². The van der Waals surface area contributed by atoms with E-state index in [9.17, 15) is 0 Å². The molecule has 0 amide bonds. The highest BCUT2D eigenvalue weighted by Gasteiger charge is 2.27. The van der Waals surface area contributed by atoms with Gasteiger partial charge in [0.2, 0.25) is 0 Å². The van der Waals surface area contributed by atoms with Gasteiger partial charge >= 0.3 is 0 Å². The van der Waals surface area contributed by atoms with Gasteiger partial charge in [0.05, 0.1) is 6.61 Å².